The van der Waals surface area contributed by atoms with E-state index in [2.05, 4.69) is 0 Å². The second kappa shape index (κ2) is 7.25. The van der Waals surface area contributed by atoms with Crippen LogP contribution in [0.15, 0.2) is 30.3 Å². The number of carbonyl (C=O) groups is 1. The van der Waals surface area contributed by atoms with Crippen molar-refractivity contribution in [3.63, 3.8) is 0 Å². The molecular formula is C12H19ClN2O. The third-order valence-corrected chi connectivity index (χ3v) is 2.61. The first-order chi connectivity index (χ1) is 7.16. The quantitative estimate of drug-likeness (QED) is 0.878. The van der Waals surface area contributed by atoms with Crippen LogP contribution >= 0.6 is 12.4 Å². The number of hydrogen-bond donors (Lipinski definition) is 1. The highest BCUT2D eigenvalue weighted by Gasteiger charge is 2.15. The van der Waals surface area contributed by atoms with Gasteiger partial charge in [0.2, 0.25) is 5.91 Å². The molecule has 0 aliphatic rings. The van der Waals surface area contributed by atoms with Crippen LogP contribution in [-0.4, -0.2) is 24.4 Å². The van der Waals surface area contributed by atoms with Gasteiger partial charge in [0, 0.05) is 20.0 Å². The zero-order chi connectivity index (χ0) is 11.3. The van der Waals surface area contributed by atoms with E-state index in [-0.39, 0.29) is 24.4 Å². The maximum atomic E-state index is 11.6. The lowest BCUT2D eigenvalue weighted by molar-refractivity contribution is -0.131. The van der Waals surface area contributed by atoms with E-state index in [0.29, 0.717) is 13.0 Å². The Morgan fingerprint density at radius 2 is 1.94 bits per heavy atom. The Bertz CT molecular complexity index is 316. The third kappa shape index (κ3) is 3.83. The van der Waals surface area contributed by atoms with Crippen LogP contribution in [0.5, 0.6) is 0 Å². The smallest absolute Gasteiger partial charge is 0.224 e. The van der Waals surface area contributed by atoms with Crippen molar-refractivity contribution >= 4 is 18.3 Å². The first kappa shape index (κ1) is 14.9. The number of hydrogen-bond acceptors (Lipinski definition) is 2. The van der Waals surface area contributed by atoms with Gasteiger partial charge < -0.3 is 10.6 Å². The summed E-state index contributed by atoms with van der Waals surface area (Å²) in [5.74, 6) is 0.0915. The van der Waals surface area contributed by atoms with E-state index >= 15 is 0 Å². The topological polar surface area (TPSA) is 46.3 Å². The van der Waals surface area contributed by atoms with E-state index in [9.17, 15) is 4.79 Å². The molecule has 3 nitrogen and oxygen atoms in total. The molecule has 0 spiro atoms. The van der Waals surface area contributed by atoms with E-state index in [1.54, 1.807) is 4.90 Å². The van der Waals surface area contributed by atoms with Gasteiger partial charge in [-0.1, -0.05) is 30.3 Å². The van der Waals surface area contributed by atoms with Gasteiger partial charge in [-0.05, 0) is 12.5 Å². The van der Waals surface area contributed by atoms with Crippen molar-refractivity contribution in [3.05, 3.63) is 35.9 Å². The maximum absolute atomic E-state index is 11.6. The summed E-state index contributed by atoms with van der Waals surface area (Å²) in [5.41, 5.74) is 6.50. The first-order valence-corrected chi connectivity index (χ1v) is 5.17. The van der Waals surface area contributed by atoms with E-state index < -0.39 is 0 Å². The van der Waals surface area contributed by atoms with Crippen molar-refractivity contribution in [3.8, 4) is 0 Å². The molecule has 16 heavy (non-hydrogen) atoms. The van der Waals surface area contributed by atoms with Crippen LogP contribution in [0.1, 0.15) is 24.9 Å². The van der Waals surface area contributed by atoms with Crippen LogP contribution in [-0.2, 0) is 4.79 Å². The Hall–Kier alpha value is -1.06. The standard InChI is InChI=1S/C12H18N2O.ClH/c1-10(11-6-4-3-5-7-11)14(2)12(15)8-9-13;/h3-7,10H,8-9,13H2,1-2H3;1H. The average molecular weight is 243 g/mol. The van der Waals surface area contributed by atoms with Gasteiger partial charge in [0.25, 0.3) is 0 Å². The summed E-state index contributed by atoms with van der Waals surface area (Å²) >= 11 is 0. The molecule has 1 rings (SSSR count). The number of rotatable bonds is 4. The molecule has 90 valence electrons. The van der Waals surface area contributed by atoms with E-state index in [4.69, 9.17) is 5.73 Å². The fraction of sp³-hybridized carbons (Fsp3) is 0.417. The first-order valence-electron chi connectivity index (χ1n) is 5.17. The van der Waals surface area contributed by atoms with Gasteiger partial charge in [-0.3, -0.25) is 4.79 Å². The Morgan fingerprint density at radius 1 is 1.38 bits per heavy atom. The van der Waals surface area contributed by atoms with Gasteiger partial charge in [0.1, 0.15) is 0 Å². The van der Waals surface area contributed by atoms with Crippen molar-refractivity contribution in [1.82, 2.24) is 4.90 Å². The molecule has 1 aromatic rings. The molecule has 1 amide bonds. The summed E-state index contributed by atoms with van der Waals surface area (Å²) in [7, 11) is 1.82. The van der Waals surface area contributed by atoms with Gasteiger partial charge in [-0.25, -0.2) is 0 Å². The fourth-order valence-electron chi connectivity index (χ4n) is 1.47. The number of nitrogens with zero attached hydrogens (tertiary/aromatic N) is 1. The highest BCUT2D eigenvalue weighted by Crippen LogP contribution is 2.18. The maximum Gasteiger partial charge on any atom is 0.224 e. The minimum absolute atomic E-state index is 0. The molecule has 0 fully saturated rings. The van der Waals surface area contributed by atoms with Crippen LogP contribution in [0.25, 0.3) is 0 Å². The minimum atomic E-state index is 0. The average Bonchev–Trinajstić information content (AvgIpc) is 2.28. The molecule has 0 bridgehead atoms. The molecule has 0 saturated heterocycles. The summed E-state index contributed by atoms with van der Waals surface area (Å²) in [4.78, 5) is 13.3. The summed E-state index contributed by atoms with van der Waals surface area (Å²) < 4.78 is 0. The number of amides is 1. The number of carbonyl (C=O) groups excluding carboxylic acids is 1. The Labute approximate surface area is 103 Å². The van der Waals surface area contributed by atoms with Crippen LogP contribution in [0.2, 0.25) is 0 Å². The second-order valence-electron chi connectivity index (χ2n) is 3.63. The summed E-state index contributed by atoms with van der Waals surface area (Å²) in [6.07, 6.45) is 0.410. The predicted molar refractivity (Wildman–Crippen MR) is 68.5 cm³/mol. The van der Waals surface area contributed by atoms with E-state index in [1.165, 1.54) is 0 Å². The number of nitrogens with two attached hydrogens (primary N) is 1. The number of benzene rings is 1. The third-order valence-electron chi connectivity index (χ3n) is 2.61. The van der Waals surface area contributed by atoms with Crippen molar-refractivity contribution in [2.45, 2.75) is 19.4 Å². The SMILES string of the molecule is CC(c1ccccc1)N(C)C(=O)CCN.Cl. The normalized spacial score (nSPS) is 11.4. The summed E-state index contributed by atoms with van der Waals surface area (Å²) in [6.45, 7) is 2.43. The Morgan fingerprint density at radius 3 is 2.44 bits per heavy atom. The van der Waals surface area contributed by atoms with Crippen LogP contribution < -0.4 is 5.73 Å². The number of halogens is 1. The molecule has 0 radical (unpaired) electrons. The highest BCUT2D eigenvalue weighted by atomic mass is 35.5. The molecule has 1 aromatic carbocycles. The van der Waals surface area contributed by atoms with E-state index in [1.807, 2.05) is 44.3 Å². The van der Waals surface area contributed by atoms with Crippen LogP contribution in [0.4, 0.5) is 0 Å². The van der Waals surface area contributed by atoms with E-state index in [0.717, 1.165) is 5.56 Å². The second-order valence-corrected chi connectivity index (χ2v) is 3.63. The molecule has 0 aliphatic carbocycles. The van der Waals surface area contributed by atoms with Crippen LogP contribution in [0, 0.1) is 0 Å². The van der Waals surface area contributed by atoms with Gasteiger partial charge in [0.15, 0.2) is 0 Å². The molecule has 0 aromatic heterocycles. The zero-order valence-electron chi connectivity index (χ0n) is 9.72. The zero-order valence-corrected chi connectivity index (χ0v) is 10.5. The van der Waals surface area contributed by atoms with Gasteiger partial charge in [0.05, 0.1) is 6.04 Å². The molecule has 0 heterocycles. The lowest BCUT2D eigenvalue weighted by atomic mass is 10.1. The molecule has 1 atom stereocenters. The summed E-state index contributed by atoms with van der Waals surface area (Å²) in [6, 6.07) is 10.1. The van der Waals surface area contributed by atoms with Crippen molar-refractivity contribution in [2.75, 3.05) is 13.6 Å². The molecule has 0 saturated carbocycles. The monoisotopic (exact) mass is 242 g/mol. The van der Waals surface area contributed by atoms with Crippen molar-refractivity contribution < 1.29 is 4.79 Å². The molecule has 1 unspecified atom stereocenters. The van der Waals surface area contributed by atoms with Gasteiger partial charge in [-0.15, -0.1) is 12.4 Å². The molecular weight excluding hydrogens is 224 g/mol. The Kier molecular flexibility index (Phi) is 6.77. The largest absolute Gasteiger partial charge is 0.339 e. The predicted octanol–water partition coefficient (Wildman–Crippen LogP) is 1.98. The lowest BCUT2D eigenvalue weighted by Crippen LogP contribution is -2.30. The molecule has 0 aliphatic heterocycles. The van der Waals surface area contributed by atoms with Crippen molar-refractivity contribution in [2.24, 2.45) is 5.73 Å². The lowest BCUT2D eigenvalue weighted by Gasteiger charge is -2.25. The highest BCUT2D eigenvalue weighted by molar-refractivity contribution is 5.85. The Balaban J connectivity index is 0.00000225. The van der Waals surface area contributed by atoms with Crippen molar-refractivity contribution in [1.29, 1.82) is 0 Å². The minimum Gasteiger partial charge on any atom is -0.339 e. The van der Waals surface area contributed by atoms with Crippen LogP contribution in [0.3, 0.4) is 0 Å². The van der Waals surface area contributed by atoms with Gasteiger partial charge >= 0.3 is 0 Å². The van der Waals surface area contributed by atoms with Gasteiger partial charge in [-0.2, -0.15) is 0 Å². The fourth-order valence-corrected chi connectivity index (χ4v) is 1.47. The molecule has 2 N–H and O–H groups in total. The molecule has 4 heteroatoms. The summed E-state index contributed by atoms with van der Waals surface area (Å²) in [5, 5.41) is 0.